The number of hydrogen-bond acceptors (Lipinski definition) is 0. The maximum absolute atomic E-state index is 2.46. The van der Waals surface area contributed by atoms with Crippen LogP contribution < -0.4 is 0 Å². The van der Waals surface area contributed by atoms with E-state index in [0.29, 0.717) is 10.1 Å². The molecule has 1 rings (SSSR count). The van der Waals surface area contributed by atoms with Gasteiger partial charge in [-0.1, -0.05) is 71.5 Å². The molecule has 0 fully saturated rings. The fourth-order valence-electron chi connectivity index (χ4n) is 2.01. The van der Waals surface area contributed by atoms with Gasteiger partial charge in [-0.05, 0) is 15.6 Å². The minimum atomic E-state index is -0.434. The van der Waals surface area contributed by atoms with E-state index in [1.807, 2.05) is 0 Å². The van der Waals surface area contributed by atoms with Crippen molar-refractivity contribution in [2.75, 3.05) is 0 Å². The van der Waals surface area contributed by atoms with Gasteiger partial charge in [-0.3, -0.25) is 0 Å². The highest BCUT2D eigenvalue weighted by atomic mass is 28.3. The molecule has 0 bridgehead atoms. The van der Waals surface area contributed by atoms with Gasteiger partial charge >= 0.3 is 0 Å². The number of hydrogen-bond donors (Lipinski definition) is 0. The molecule has 0 saturated heterocycles. The summed E-state index contributed by atoms with van der Waals surface area (Å²) < 4.78 is 0. The van der Waals surface area contributed by atoms with Crippen molar-refractivity contribution in [3.8, 4) is 0 Å². The van der Waals surface area contributed by atoms with Gasteiger partial charge in [0.15, 0.2) is 0 Å². The molecule has 0 heterocycles. The van der Waals surface area contributed by atoms with Gasteiger partial charge in [0.1, 0.15) is 0 Å². The number of rotatable bonds is 2. The minimum absolute atomic E-state index is 0.337. The average molecular weight is 219 g/mol. The molecule has 0 aliphatic rings. The van der Waals surface area contributed by atoms with Crippen LogP contribution in [0, 0.1) is 0 Å². The van der Waals surface area contributed by atoms with Crippen molar-refractivity contribution in [2.24, 2.45) is 0 Å². The maximum Gasteiger partial charge on any atom is 0.0620 e. The third-order valence-electron chi connectivity index (χ3n) is 3.56. The predicted octanol–water partition coefficient (Wildman–Crippen LogP) is 4.43. The largest absolute Gasteiger partial charge is 0.0700 e. The lowest BCUT2D eigenvalue weighted by atomic mass is 10.0. The van der Waals surface area contributed by atoms with Crippen LogP contribution in [0.15, 0.2) is 30.3 Å². The summed E-state index contributed by atoms with van der Waals surface area (Å²) in [5, 5.41) is 0.786. The average Bonchev–Trinajstić information content (AvgIpc) is 2.16. The van der Waals surface area contributed by atoms with Crippen LogP contribution in [0.3, 0.4) is 0 Å². The first-order valence-electron chi connectivity index (χ1n) is 5.66. The highest BCUT2D eigenvalue weighted by Crippen LogP contribution is 2.39. The lowest BCUT2D eigenvalue weighted by Gasteiger charge is -2.39. The summed E-state index contributed by atoms with van der Waals surface area (Å²) in [6.07, 6.45) is 0. The third-order valence-corrected chi connectivity index (χ3v) is 7.97. The van der Waals surface area contributed by atoms with Gasteiger partial charge in [0.05, 0.1) is 8.80 Å². The summed E-state index contributed by atoms with van der Waals surface area (Å²) in [6.45, 7) is 14.3. The van der Waals surface area contributed by atoms with Crippen LogP contribution in [0.2, 0.25) is 11.6 Å². The molecule has 83 valence electrons. The zero-order valence-corrected chi connectivity index (χ0v) is 11.9. The van der Waals surface area contributed by atoms with Crippen molar-refractivity contribution < 1.29 is 0 Å². The first-order chi connectivity index (χ1) is 6.76. The standard InChI is InChI=1S/C14H23Si/c1-13(2,3)15(6)14(4,5)12-10-8-7-9-11-12/h7-11H,1-6H3. The van der Waals surface area contributed by atoms with E-state index in [1.165, 1.54) is 5.56 Å². The molecule has 1 heteroatoms. The van der Waals surface area contributed by atoms with E-state index in [4.69, 9.17) is 0 Å². The van der Waals surface area contributed by atoms with E-state index in [9.17, 15) is 0 Å². The molecule has 0 saturated carbocycles. The van der Waals surface area contributed by atoms with Gasteiger partial charge < -0.3 is 0 Å². The molecule has 0 aromatic heterocycles. The van der Waals surface area contributed by atoms with Crippen molar-refractivity contribution in [1.29, 1.82) is 0 Å². The van der Waals surface area contributed by atoms with E-state index in [1.54, 1.807) is 0 Å². The minimum Gasteiger partial charge on any atom is -0.0700 e. The van der Waals surface area contributed by atoms with E-state index in [0.717, 1.165) is 0 Å². The van der Waals surface area contributed by atoms with Gasteiger partial charge in [0.2, 0.25) is 0 Å². The van der Waals surface area contributed by atoms with Crippen molar-refractivity contribution in [1.82, 2.24) is 0 Å². The first kappa shape index (κ1) is 12.5. The summed E-state index contributed by atoms with van der Waals surface area (Å²) in [7, 11) is -0.434. The fraction of sp³-hybridized carbons (Fsp3) is 0.571. The van der Waals surface area contributed by atoms with E-state index in [-0.39, 0.29) is 0 Å². The lowest BCUT2D eigenvalue weighted by molar-refractivity contribution is 0.644. The Bertz CT molecular complexity index is 306. The van der Waals surface area contributed by atoms with Gasteiger partial charge in [-0.25, -0.2) is 0 Å². The molecule has 1 radical (unpaired) electrons. The van der Waals surface area contributed by atoms with Crippen LogP contribution in [-0.4, -0.2) is 8.80 Å². The first-order valence-corrected chi connectivity index (χ1v) is 7.66. The van der Waals surface area contributed by atoms with Crippen LogP contribution in [0.1, 0.15) is 40.2 Å². The van der Waals surface area contributed by atoms with Crippen LogP contribution in [0.4, 0.5) is 0 Å². The number of benzene rings is 1. The van der Waals surface area contributed by atoms with Crippen molar-refractivity contribution >= 4 is 8.80 Å². The zero-order valence-electron chi connectivity index (χ0n) is 10.9. The molecular formula is C14H23Si. The molecular weight excluding hydrogens is 196 g/mol. The Morgan fingerprint density at radius 1 is 0.867 bits per heavy atom. The van der Waals surface area contributed by atoms with Gasteiger partial charge in [-0.2, -0.15) is 0 Å². The molecule has 1 aromatic carbocycles. The SMILES string of the molecule is C[Si](C(C)(C)C)C(C)(C)c1ccccc1. The second kappa shape index (κ2) is 4.13. The lowest BCUT2D eigenvalue weighted by Crippen LogP contribution is -2.42. The third kappa shape index (κ3) is 2.72. The normalized spacial score (nSPS) is 13.3. The van der Waals surface area contributed by atoms with Crippen LogP contribution >= 0.6 is 0 Å². The van der Waals surface area contributed by atoms with Crippen molar-refractivity contribution in [3.05, 3.63) is 35.9 Å². The smallest absolute Gasteiger partial charge is 0.0620 e. The predicted molar refractivity (Wildman–Crippen MR) is 70.8 cm³/mol. The van der Waals surface area contributed by atoms with Gasteiger partial charge in [0.25, 0.3) is 0 Å². The molecule has 0 spiro atoms. The summed E-state index contributed by atoms with van der Waals surface area (Å²) in [5.41, 5.74) is 1.48. The summed E-state index contributed by atoms with van der Waals surface area (Å²) in [6, 6.07) is 10.9. The van der Waals surface area contributed by atoms with E-state index in [2.05, 4.69) is 71.5 Å². The topological polar surface area (TPSA) is 0 Å². The fourth-order valence-corrected chi connectivity index (χ4v) is 4.48. The Balaban J connectivity index is 3.03. The summed E-state index contributed by atoms with van der Waals surface area (Å²) in [4.78, 5) is 0. The van der Waals surface area contributed by atoms with Crippen molar-refractivity contribution in [3.63, 3.8) is 0 Å². The van der Waals surface area contributed by atoms with E-state index < -0.39 is 8.80 Å². The van der Waals surface area contributed by atoms with Crippen LogP contribution in [0.25, 0.3) is 0 Å². The molecule has 0 unspecified atom stereocenters. The Labute approximate surface area is 96.3 Å². The van der Waals surface area contributed by atoms with Crippen molar-refractivity contribution in [2.45, 2.75) is 51.2 Å². The Hall–Kier alpha value is -0.563. The molecule has 0 aliphatic carbocycles. The Morgan fingerprint density at radius 3 is 1.73 bits per heavy atom. The second-order valence-electron chi connectivity index (χ2n) is 5.87. The molecule has 0 aliphatic heterocycles. The molecule has 1 aromatic rings. The highest BCUT2D eigenvalue weighted by molar-refractivity contribution is 6.63. The summed E-state index contributed by atoms with van der Waals surface area (Å²) in [5.74, 6) is 0. The van der Waals surface area contributed by atoms with Gasteiger partial charge in [0, 0.05) is 0 Å². The van der Waals surface area contributed by atoms with Crippen LogP contribution in [0.5, 0.6) is 0 Å². The second-order valence-corrected chi connectivity index (χ2v) is 9.87. The highest BCUT2D eigenvalue weighted by Gasteiger charge is 2.36. The Morgan fingerprint density at radius 2 is 1.33 bits per heavy atom. The molecule has 15 heavy (non-hydrogen) atoms. The molecule has 0 atom stereocenters. The van der Waals surface area contributed by atoms with Gasteiger partial charge in [-0.15, -0.1) is 0 Å². The Kier molecular flexibility index (Phi) is 3.44. The maximum atomic E-state index is 2.46. The molecule has 0 nitrogen and oxygen atoms in total. The zero-order chi connectivity index (χ0) is 11.7. The quantitative estimate of drug-likeness (QED) is 0.646. The summed E-state index contributed by atoms with van der Waals surface area (Å²) >= 11 is 0. The molecule has 0 amide bonds. The van der Waals surface area contributed by atoms with E-state index >= 15 is 0 Å². The monoisotopic (exact) mass is 219 g/mol. The van der Waals surface area contributed by atoms with Crippen LogP contribution in [-0.2, 0) is 5.04 Å². The molecule has 0 N–H and O–H groups in total.